The summed E-state index contributed by atoms with van der Waals surface area (Å²) in [5.41, 5.74) is 2.74. The minimum atomic E-state index is -3.22. The van der Waals surface area contributed by atoms with Crippen molar-refractivity contribution in [2.24, 2.45) is 0 Å². The molecular formula is C17H23N3O4S. The number of nitrogens with zero attached hydrogens (tertiary/aromatic N) is 3. The molecule has 1 aromatic rings. The highest BCUT2D eigenvalue weighted by molar-refractivity contribution is 7.88. The van der Waals surface area contributed by atoms with Gasteiger partial charge in [0.15, 0.2) is 0 Å². The van der Waals surface area contributed by atoms with Gasteiger partial charge in [-0.3, -0.25) is 9.59 Å². The number of hydrogen-bond donors (Lipinski definition) is 0. The Kier molecular flexibility index (Phi) is 4.83. The summed E-state index contributed by atoms with van der Waals surface area (Å²) >= 11 is 0. The fourth-order valence-electron chi connectivity index (χ4n) is 3.39. The van der Waals surface area contributed by atoms with Crippen molar-refractivity contribution in [2.45, 2.75) is 19.3 Å². The van der Waals surface area contributed by atoms with Gasteiger partial charge >= 0.3 is 0 Å². The maximum absolute atomic E-state index is 12.6. The molecule has 2 amide bonds. The Hall–Kier alpha value is -1.93. The predicted octanol–water partition coefficient (Wildman–Crippen LogP) is 0.242. The van der Waals surface area contributed by atoms with Crippen molar-refractivity contribution in [2.75, 3.05) is 44.4 Å². The zero-order valence-electron chi connectivity index (χ0n) is 14.6. The molecule has 0 aliphatic carbocycles. The number of rotatable bonds is 3. The van der Waals surface area contributed by atoms with Crippen molar-refractivity contribution < 1.29 is 18.0 Å². The molecule has 2 heterocycles. The third-order valence-electron chi connectivity index (χ3n) is 4.85. The Labute approximate surface area is 148 Å². The van der Waals surface area contributed by atoms with E-state index in [0.29, 0.717) is 39.0 Å². The molecule has 0 radical (unpaired) electrons. The molecule has 8 heteroatoms. The molecule has 3 rings (SSSR count). The highest BCUT2D eigenvalue weighted by atomic mass is 32.2. The number of benzene rings is 1. The van der Waals surface area contributed by atoms with Crippen LogP contribution in [0, 0.1) is 0 Å². The Morgan fingerprint density at radius 1 is 1.16 bits per heavy atom. The van der Waals surface area contributed by atoms with Crippen LogP contribution in [0.25, 0.3) is 0 Å². The van der Waals surface area contributed by atoms with E-state index in [2.05, 4.69) is 0 Å². The van der Waals surface area contributed by atoms with E-state index in [4.69, 9.17) is 0 Å². The maximum Gasteiger partial charge on any atom is 0.231 e. The lowest BCUT2D eigenvalue weighted by Gasteiger charge is -2.21. The van der Waals surface area contributed by atoms with Crippen LogP contribution < -0.4 is 4.90 Å². The molecule has 2 aliphatic heterocycles. The number of sulfonamides is 1. The largest absolute Gasteiger partial charge is 0.341 e. The van der Waals surface area contributed by atoms with Crippen molar-refractivity contribution in [1.29, 1.82) is 0 Å². The SMILES string of the molecule is CN1C(=O)Cc2cc(CC(=O)N3CCCN(S(C)(=O)=O)CC3)ccc21. The van der Waals surface area contributed by atoms with Crippen LogP contribution >= 0.6 is 0 Å². The van der Waals surface area contributed by atoms with E-state index in [0.717, 1.165) is 16.8 Å². The normalized spacial score (nSPS) is 19.0. The smallest absolute Gasteiger partial charge is 0.231 e. The average molecular weight is 365 g/mol. The van der Waals surface area contributed by atoms with E-state index in [1.165, 1.54) is 10.6 Å². The second kappa shape index (κ2) is 6.76. The molecular weight excluding hydrogens is 342 g/mol. The van der Waals surface area contributed by atoms with Gasteiger partial charge < -0.3 is 9.80 Å². The maximum atomic E-state index is 12.6. The van der Waals surface area contributed by atoms with Gasteiger partial charge in [0.2, 0.25) is 21.8 Å². The third kappa shape index (κ3) is 3.85. The van der Waals surface area contributed by atoms with Gasteiger partial charge in [0.1, 0.15) is 0 Å². The fraction of sp³-hybridized carbons (Fsp3) is 0.529. The molecule has 7 nitrogen and oxygen atoms in total. The number of anilines is 1. The Bertz CT molecular complexity index is 806. The van der Waals surface area contributed by atoms with Gasteiger partial charge in [0.25, 0.3) is 0 Å². The summed E-state index contributed by atoms with van der Waals surface area (Å²) in [6.45, 7) is 1.78. The first kappa shape index (κ1) is 17.9. The summed E-state index contributed by atoms with van der Waals surface area (Å²) in [6, 6.07) is 5.69. The minimum Gasteiger partial charge on any atom is -0.341 e. The molecule has 0 bridgehead atoms. The molecule has 25 heavy (non-hydrogen) atoms. The summed E-state index contributed by atoms with van der Waals surface area (Å²) in [5, 5.41) is 0. The number of amides is 2. The number of carbonyl (C=O) groups excluding carboxylic acids is 2. The predicted molar refractivity (Wildman–Crippen MR) is 94.9 cm³/mol. The molecule has 0 aromatic heterocycles. The second-order valence-electron chi connectivity index (χ2n) is 6.67. The first-order valence-corrected chi connectivity index (χ1v) is 10.2. The highest BCUT2D eigenvalue weighted by Gasteiger charge is 2.26. The van der Waals surface area contributed by atoms with E-state index in [1.54, 1.807) is 16.8 Å². The lowest BCUT2D eigenvalue weighted by molar-refractivity contribution is -0.130. The van der Waals surface area contributed by atoms with Crippen LogP contribution in [0.15, 0.2) is 18.2 Å². The molecule has 1 fully saturated rings. The second-order valence-corrected chi connectivity index (χ2v) is 8.65. The average Bonchev–Trinajstić information content (AvgIpc) is 2.73. The number of hydrogen-bond acceptors (Lipinski definition) is 4. The summed E-state index contributed by atoms with van der Waals surface area (Å²) in [6.07, 6.45) is 2.49. The highest BCUT2D eigenvalue weighted by Crippen LogP contribution is 2.28. The van der Waals surface area contributed by atoms with Crippen molar-refractivity contribution in [3.63, 3.8) is 0 Å². The van der Waals surface area contributed by atoms with Crippen LogP contribution in [0.1, 0.15) is 17.5 Å². The third-order valence-corrected chi connectivity index (χ3v) is 6.16. The standard InChI is InChI=1S/C17H23N3O4S/c1-18-15-5-4-13(10-14(15)12-16(18)21)11-17(22)19-6-3-7-20(9-8-19)25(2,23)24/h4-5,10H,3,6-9,11-12H2,1-2H3. The number of carbonyl (C=O) groups is 2. The van der Waals surface area contributed by atoms with Crippen LogP contribution in [0.5, 0.6) is 0 Å². The quantitative estimate of drug-likeness (QED) is 0.769. The van der Waals surface area contributed by atoms with Crippen LogP contribution in [-0.4, -0.2) is 68.9 Å². The number of likely N-dealkylation sites (N-methyl/N-ethyl adjacent to an activating group) is 1. The van der Waals surface area contributed by atoms with Gasteiger partial charge in [-0.2, -0.15) is 0 Å². The molecule has 136 valence electrons. The van der Waals surface area contributed by atoms with Gasteiger partial charge in [-0.25, -0.2) is 12.7 Å². The molecule has 1 aromatic carbocycles. The van der Waals surface area contributed by atoms with Crippen molar-refractivity contribution in [3.8, 4) is 0 Å². The minimum absolute atomic E-state index is 0.00650. The molecule has 2 aliphatic rings. The summed E-state index contributed by atoms with van der Waals surface area (Å²) < 4.78 is 24.7. The summed E-state index contributed by atoms with van der Waals surface area (Å²) in [5.74, 6) is 0.0554. The van der Waals surface area contributed by atoms with Crippen molar-refractivity contribution >= 4 is 27.5 Å². The zero-order valence-corrected chi connectivity index (χ0v) is 15.4. The Morgan fingerprint density at radius 2 is 1.92 bits per heavy atom. The Morgan fingerprint density at radius 3 is 2.64 bits per heavy atom. The lowest BCUT2D eigenvalue weighted by atomic mass is 10.1. The van der Waals surface area contributed by atoms with E-state index < -0.39 is 10.0 Å². The molecule has 0 unspecified atom stereocenters. The Balaban J connectivity index is 1.65. The van der Waals surface area contributed by atoms with E-state index in [1.807, 2.05) is 18.2 Å². The van der Waals surface area contributed by atoms with Crippen LogP contribution in [0.2, 0.25) is 0 Å². The van der Waals surface area contributed by atoms with Crippen LogP contribution in [-0.2, 0) is 32.5 Å². The lowest BCUT2D eigenvalue weighted by Crippen LogP contribution is -2.37. The van der Waals surface area contributed by atoms with Crippen molar-refractivity contribution in [3.05, 3.63) is 29.3 Å². The van der Waals surface area contributed by atoms with Crippen LogP contribution in [0.4, 0.5) is 5.69 Å². The van der Waals surface area contributed by atoms with E-state index >= 15 is 0 Å². The van der Waals surface area contributed by atoms with Gasteiger partial charge in [0.05, 0.1) is 19.1 Å². The molecule has 1 saturated heterocycles. The topological polar surface area (TPSA) is 78.0 Å². The molecule has 0 N–H and O–H groups in total. The molecule has 0 atom stereocenters. The molecule has 0 saturated carbocycles. The monoisotopic (exact) mass is 365 g/mol. The van der Waals surface area contributed by atoms with Gasteiger partial charge in [-0.1, -0.05) is 12.1 Å². The van der Waals surface area contributed by atoms with Gasteiger partial charge in [0, 0.05) is 38.9 Å². The molecule has 0 spiro atoms. The van der Waals surface area contributed by atoms with Crippen molar-refractivity contribution in [1.82, 2.24) is 9.21 Å². The summed E-state index contributed by atoms with van der Waals surface area (Å²) in [7, 11) is -1.46. The van der Waals surface area contributed by atoms with Gasteiger partial charge in [-0.05, 0) is 23.6 Å². The first-order chi connectivity index (χ1) is 11.8. The van der Waals surface area contributed by atoms with Crippen LogP contribution in [0.3, 0.4) is 0 Å². The van der Waals surface area contributed by atoms with E-state index in [-0.39, 0.29) is 18.2 Å². The van der Waals surface area contributed by atoms with Gasteiger partial charge in [-0.15, -0.1) is 0 Å². The fourth-order valence-corrected chi connectivity index (χ4v) is 4.27. The number of fused-ring (bicyclic) bond motifs is 1. The summed E-state index contributed by atoms with van der Waals surface area (Å²) in [4.78, 5) is 27.7. The van der Waals surface area contributed by atoms with E-state index in [9.17, 15) is 18.0 Å². The first-order valence-electron chi connectivity index (χ1n) is 8.37. The zero-order chi connectivity index (χ0) is 18.2.